The van der Waals surface area contributed by atoms with Crippen molar-refractivity contribution < 1.29 is 0 Å². The average molecular weight is 469 g/mol. The van der Waals surface area contributed by atoms with Crippen LogP contribution in [0.25, 0.3) is 5.65 Å². The van der Waals surface area contributed by atoms with E-state index in [0.717, 1.165) is 23.8 Å². The van der Waals surface area contributed by atoms with Crippen LogP contribution in [-0.2, 0) is 6.54 Å². The number of halogens is 1. The van der Waals surface area contributed by atoms with Gasteiger partial charge in [0, 0.05) is 25.5 Å². The summed E-state index contributed by atoms with van der Waals surface area (Å²) in [7, 11) is 1.79. The van der Waals surface area contributed by atoms with Gasteiger partial charge in [0.25, 0.3) is 0 Å². The van der Waals surface area contributed by atoms with Gasteiger partial charge in [-0.1, -0.05) is 13.0 Å². The number of thiophene rings is 1. The van der Waals surface area contributed by atoms with Gasteiger partial charge in [-0.15, -0.1) is 24.0 Å². The van der Waals surface area contributed by atoms with Crippen LogP contribution in [0.2, 0.25) is 0 Å². The first-order valence-corrected chi connectivity index (χ1v) is 9.02. The highest BCUT2D eigenvalue weighted by atomic mass is 127. The predicted molar refractivity (Wildman–Crippen MR) is 116 cm³/mol. The van der Waals surface area contributed by atoms with Crippen LogP contribution in [0.1, 0.15) is 29.8 Å². The quantitative estimate of drug-likeness (QED) is 0.340. The first-order valence-electron chi connectivity index (χ1n) is 8.07. The first-order chi connectivity index (χ1) is 11.7. The van der Waals surface area contributed by atoms with Crippen molar-refractivity contribution in [1.82, 2.24) is 20.0 Å². The van der Waals surface area contributed by atoms with E-state index in [2.05, 4.69) is 67.9 Å². The zero-order valence-corrected chi connectivity index (χ0v) is 17.8. The molecular formula is C18H24IN5S. The van der Waals surface area contributed by atoms with Crippen molar-refractivity contribution in [2.75, 3.05) is 13.6 Å². The smallest absolute Gasteiger partial charge is 0.191 e. The molecule has 134 valence electrons. The standard InChI is InChI=1S/C18H23N5S.HI/c1-13(15-7-8-24-12-15)9-20-18(19-3)21-10-16-11-23-14(2)5-4-6-17(23)22-16;/h4-8,11-13H,9-10H2,1-3H3,(H2,19,20,21);1H. The second kappa shape index (κ2) is 9.19. The monoisotopic (exact) mass is 469 g/mol. The van der Waals surface area contributed by atoms with E-state index in [1.54, 1.807) is 18.4 Å². The molecule has 3 heterocycles. The summed E-state index contributed by atoms with van der Waals surface area (Å²) in [4.78, 5) is 8.93. The number of hydrogen-bond donors (Lipinski definition) is 2. The number of guanidine groups is 1. The SMILES string of the molecule is CN=C(NCc1cn2c(C)cccc2n1)NCC(C)c1ccsc1.I. The maximum Gasteiger partial charge on any atom is 0.191 e. The van der Waals surface area contributed by atoms with Crippen LogP contribution in [0.15, 0.2) is 46.2 Å². The predicted octanol–water partition coefficient (Wildman–Crippen LogP) is 3.79. The van der Waals surface area contributed by atoms with Crippen LogP contribution in [0.5, 0.6) is 0 Å². The first kappa shape index (κ1) is 19.7. The Bertz CT molecular complexity index is 825. The lowest BCUT2D eigenvalue weighted by Crippen LogP contribution is -2.38. The number of nitrogens with zero attached hydrogens (tertiary/aromatic N) is 3. The Labute approximate surface area is 169 Å². The summed E-state index contributed by atoms with van der Waals surface area (Å²) in [5.41, 5.74) is 4.51. The Balaban J connectivity index is 0.00000225. The zero-order valence-electron chi connectivity index (χ0n) is 14.7. The average Bonchev–Trinajstić information content (AvgIpc) is 3.25. The largest absolute Gasteiger partial charge is 0.356 e. The van der Waals surface area contributed by atoms with E-state index in [4.69, 9.17) is 0 Å². The minimum absolute atomic E-state index is 0. The summed E-state index contributed by atoms with van der Waals surface area (Å²) in [6.07, 6.45) is 2.07. The third kappa shape index (κ3) is 4.94. The summed E-state index contributed by atoms with van der Waals surface area (Å²) >= 11 is 1.73. The van der Waals surface area contributed by atoms with E-state index < -0.39 is 0 Å². The molecule has 3 aromatic heterocycles. The Hall–Kier alpha value is -1.61. The van der Waals surface area contributed by atoms with E-state index in [0.29, 0.717) is 12.5 Å². The van der Waals surface area contributed by atoms with Gasteiger partial charge >= 0.3 is 0 Å². The fourth-order valence-corrected chi connectivity index (χ4v) is 3.38. The van der Waals surface area contributed by atoms with E-state index in [1.165, 1.54) is 11.3 Å². The van der Waals surface area contributed by atoms with E-state index in [9.17, 15) is 0 Å². The summed E-state index contributed by atoms with van der Waals surface area (Å²) in [5.74, 6) is 1.25. The van der Waals surface area contributed by atoms with Crippen LogP contribution in [0, 0.1) is 6.92 Å². The number of nitrogens with one attached hydrogen (secondary N) is 2. The molecule has 0 aliphatic heterocycles. The van der Waals surface area contributed by atoms with Gasteiger partial charge < -0.3 is 15.0 Å². The van der Waals surface area contributed by atoms with Gasteiger partial charge in [-0.3, -0.25) is 4.99 Å². The molecule has 0 aromatic carbocycles. The Morgan fingerprint density at radius 2 is 2.16 bits per heavy atom. The topological polar surface area (TPSA) is 53.7 Å². The minimum Gasteiger partial charge on any atom is -0.356 e. The maximum absolute atomic E-state index is 4.63. The zero-order chi connectivity index (χ0) is 16.9. The van der Waals surface area contributed by atoms with Crippen molar-refractivity contribution in [3.63, 3.8) is 0 Å². The highest BCUT2D eigenvalue weighted by molar-refractivity contribution is 14.0. The van der Waals surface area contributed by atoms with Crippen molar-refractivity contribution >= 4 is 46.9 Å². The van der Waals surface area contributed by atoms with Crippen LogP contribution in [0.3, 0.4) is 0 Å². The number of hydrogen-bond acceptors (Lipinski definition) is 3. The molecule has 2 N–H and O–H groups in total. The highest BCUT2D eigenvalue weighted by Crippen LogP contribution is 2.17. The lowest BCUT2D eigenvalue weighted by molar-refractivity contribution is 0.699. The molecule has 0 aliphatic rings. The summed E-state index contributed by atoms with van der Waals surface area (Å²) in [6.45, 7) is 5.79. The second-order valence-corrected chi connectivity index (χ2v) is 6.67. The van der Waals surface area contributed by atoms with Crippen molar-refractivity contribution in [2.24, 2.45) is 4.99 Å². The van der Waals surface area contributed by atoms with Gasteiger partial charge in [-0.25, -0.2) is 4.98 Å². The van der Waals surface area contributed by atoms with Crippen molar-refractivity contribution in [2.45, 2.75) is 26.3 Å². The molecule has 25 heavy (non-hydrogen) atoms. The van der Waals surface area contributed by atoms with Crippen LogP contribution in [-0.4, -0.2) is 28.9 Å². The number of fused-ring (bicyclic) bond motifs is 1. The molecule has 1 atom stereocenters. The fraction of sp³-hybridized carbons (Fsp3) is 0.333. The van der Waals surface area contributed by atoms with Crippen molar-refractivity contribution in [1.29, 1.82) is 0 Å². The van der Waals surface area contributed by atoms with Gasteiger partial charge in [0.05, 0.1) is 12.2 Å². The molecular weight excluding hydrogens is 445 g/mol. The van der Waals surface area contributed by atoms with Gasteiger partial charge in [0.15, 0.2) is 5.96 Å². The summed E-state index contributed by atoms with van der Waals surface area (Å²) < 4.78 is 2.10. The molecule has 0 spiro atoms. The molecule has 5 nitrogen and oxygen atoms in total. The third-order valence-corrected chi connectivity index (χ3v) is 4.80. The molecule has 0 saturated carbocycles. The molecule has 0 aliphatic carbocycles. The molecule has 0 radical (unpaired) electrons. The Morgan fingerprint density at radius 1 is 1.32 bits per heavy atom. The molecule has 0 saturated heterocycles. The highest BCUT2D eigenvalue weighted by Gasteiger charge is 2.08. The molecule has 0 bridgehead atoms. The fourth-order valence-electron chi connectivity index (χ4n) is 2.60. The lowest BCUT2D eigenvalue weighted by atomic mass is 10.1. The summed E-state index contributed by atoms with van der Waals surface area (Å²) in [5, 5.41) is 11.0. The number of imidazole rings is 1. The van der Waals surface area contributed by atoms with Gasteiger partial charge in [-0.2, -0.15) is 11.3 Å². The molecule has 1 unspecified atom stereocenters. The second-order valence-electron chi connectivity index (χ2n) is 5.89. The van der Waals surface area contributed by atoms with Crippen LogP contribution < -0.4 is 10.6 Å². The van der Waals surface area contributed by atoms with E-state index >= 15 is 0 Å². The van der Waals surface area contributed by atoms with Crippen molar-refractivity contribution in [3.05, 3.63) is 58.2 Å². The summed E-state index contributed by atoms with van der Waals surface area (Å²) in [6, 6.07) is 8.30. The van der Waals surface area contributed by atoms with E-state index in [1.807, 2.05) is 12.1 Å². The minimum atomic E-state index is 0. The van der Waals surface area contributed by atoms with Crippen LogP contribution >= 0.6 is 35.3 Å². The maximum atomic E-state index is 4.63. The number of aromatic nitrogens is 2. The normalized spacial score (nSPS) is 12.7. The number of pyridine rings is 1. The number of aryl methyl sites for hydroxylation is 1. The number of aliphatic imine (C=N–C) groups is 1. The Kier molecular flexibility index (Phi) is 7.24. The van der Waals surface area contributed by atoms with Gasteiger partial charge in [-0.05, 0) is 47.4 Å². The molecule has 7 heteroatoms. The van der Waals surface area contributed by atoms with Gasteiger partial charge in [0.2, 0.25) is 0 Å². The molecule has 0 fully saturated rings. The molecule has 3 aromatic rings. The van der Waals surface area contributed by atoms with E-state index in [-0.39, 0.29) is 24.0 Å². The number of rotatable bonds is 5. The van der Waals surface area contributed by atoms with Crippen molar-refractivity contribution in [3.8, 4) is 0 Å². The van der Waals surface area contributed by atoms with Crippen LogP contribution in [0.4, 0.5) is 0 Å². The molecule has 0 amide bonds. The Morgan fingerprint density at radius 3 is 2.84 bits per heavy atom. The van der Waals surface area contributed by atoms with Gasteiger partial charge in [0.1, 0.15) is 5.65 Å². The third-order valence-electron chi connectivity index (χ3n) is 4.09. The lowest BCUT2D eigenvalue weighted by Gasteiger charge is -2.14. The molecule has 3 rings (SSSR count).